The van der Waals surface area contributed by atoms with Crippen molar-refractivity contribution in [2.75, 3.05) is 27.3 Å². The fourth-order valence-corrected chi connectivity index (χ4v) is 3.01. The minimum absolute atomic E-state index is 0.179. The fourth-order valence-electron chi connectivity index (χ4n) is 3.01. The zero-order valence-electron chi connectivity index (χ0n) is 10.3. The molecule has 0 aromatic heterocycles. The summed E-state index contributed by atoms with van der Waals surface area (Å²) in [5.74, 6) is 0. The van der Waals surface area contributed by atoms with Gasteiger partial charge in [0.1, 0.15) is 0 Å². The molecule has 0 saturated carbocycles. The van der Waals surface area contributed by atoms with Gasteiger partial charge in [-0.25, -0.2) is 0 Å². The van der Waals surface area contributed by atoms with E-state index in [9.17, 15) is 0 Å². The first-order valence-electron chi connectivity index (χ1n) is 6.04. The number of rotatable bonds is 4. The number of ether oxygens (including phenoxy) is 1. The molecular weight excluding hydrogens is 198 g/mol. The largest absolute Gasteiger partial charge is 0.384 e. The van der Waals surface area contributed by atoms with E-state index in [1.54, 1.807) is 7.11 Å². The molecule has 0 radical (unpaired) electrons. The predicted molar refractivity (Wildman–Crippen MR) is 66.9 cm³/mol. The van der Waals surface area contributed by atoms with Crippen LogP contribution in [0.25, 0.3) is 0 Å². The molecule has 1 aliphatic rings. The van der Waals surface area contributed by atoms with Gasteiger partial charge in [-0.3, -0.25) is 0 Å². The maximum atomic E-state index is 5.45. The van der Waals surface area contributed by atoms with Crippen LogP contribution in [0.15, 0.2) is 24.3 Å². The molecular formula is C14H21NO. The summed E-state index contributed by atoms with van der Waals surface area (Å²) >= 11 is 0. The van der Waals surface area contributed by atoms with Gasteiger partial charge in [0.15, 0.2) is 0 Å². The summed E-state index contributed by atoms with van der Waals surface area (Å²) in [6.45, 7) is 1.81. The lowest BCUT2D eigenvalue weighted by atomic mass is 9.70. The van der Waals surface area contributed by atoms with Gasteiger partial charge < -0.3 is 10.1 Å². The Balaban J connectivity index is 2.39. The average molecular weight is 219 g/mol. The van der Waals surface area contributed by atoms with Crippen LogP contribution in [0.3, 0.4) is 0 Å². The molecule has 88 valence electrons. The highest BCUT2D eigenvalue weighted by atomic mass is 16.5. The van der Waals surface area contributed by atoms with Crippen LogP contribution in [-0.4, -0.2) is 27.3 Å². The zero-order valence-corrected chi connectivity index (χ0v) is 10.3. The molecule has 1 unspecified atom stereocenters. The van der Waals surface area contributed by atoms with E-state index in [1.807, 2.05) is 7.05 Å². The molecule has 2 rings (SSSR count). The van der Waals surface area contributed by atoms with E-state index in [0.29, 0.717) is 0 Å². The molecule has 1 aliphatic carbocycles. The Labute approximate surface area is 98.0 Å². The molecule has 0 spiro atoms. The molecule has 1 N–H and O–H groups in total. The van der Waals surface area contributed by atoms with E-state index < -0.39 is 0 Å². The molecule has 0 amide bonds. The molecule has 0 bridgehead atoms. The smallest absolute Gasteiger partial charge is 0.0571 e. The van der Waals surface area contributed by atoms with E-state index >= 15 is 0 Å². The van der Waals surface area contributed by atoms with Crippen LogP contribution in [0, 0.1) is 0 Å². The molecule has 2 heteroatoms. The third-order valence-electron chi connectivity index (χ3n) is 3.63. The highest BCUT2D eigenvalue weighted by Crippen LogP contribution is 2.37. The number of benzene rings is 1. The number of hydrogen-bond acceptors (Lipinski definition) is 2. The molecule has 2 nitrogen and oxygen atoms in total. The molecule has 1 aromatic rings. The minimum Gasteiger partial charge on any atom is -0.384 e. The Bertz CT molecular complexity index is 342. The summed E-state index contributed by atoms with van der Waals surface area (Å²) in [6.07, 6.45) is 3.70. The van der Waals surface area contributed by atoms with E-state index in [-0.39, 0.29) is 5.41 Å². The van der Waals surface area contributed by atoms with E-state index in [2.05, 4.69) is 29.6 Å². The van der Waals surface area contributed by atoms with Gasteiger partial charge in [0, 0.05) is 19.1 Å². The van der Waals surface area contributed by atoms with E-state index in [1.165, 1.54) is 30.4 Å². The molecule has 0 aliphatic heterocycles. The van der Waals surface area contributed by atoms with Gasteiger partial charge in [0.25, 0.3) is 0 Å². The van der Waals surface area contributed by atoms with Crippen LogP contribution in [-0.2, 0) is 16.6 Å². The van der Waals surface area contributed by atoms with Gasteiger partial charge in [-0.2, -0.15) is 0 Å². The van der Waals surface area contributed by atoms with Crippen LogP contribution < -0.4 is 5.32 Å². The summed E-state index contributed by atoms with van der Waals surface area (Å²) < 4.78 is 5.45. The summed E-state index contributed by atoms with van der Waals surface area (Å²) in [5, 5.41) is 3.32. The number of aryl methyl sites for hydroxylation is 1. The summed E-state index contributed by atoms with van der Waals surface area (Å²) in [7, 11) is 3.82. The number of hydrogen-bond donors (Lipinski definition) is 1. The maximum absolute atomic E-state index is 5.45. The quantitative estimate of drug-likeness (QED) is 0.837. The van der Waals surface area contributed by atoms with Gasteiger partial charge in [-0.05, 0) is 37.4 Å². The Kier molecular flexibility index (Phi) is 3.62. The Morgan fingerprint density at radius 2 is 2.19 bits per heavy atom. The summed E-state index contributed by atoms with van der Waals surface area (Å²) in [6, 6.07) is 8.81. The first kappa shape index (κ1) is 11.6. The number of methoxy groups -OCH3 is 1. The van der Waals surface area contributed by atoms with Crippen molar-refractivity contribution in [2.45, 2.75) is 24.7 Å². The van der Waals surface area contributed by atoms with Crippen molar-refractivity contribution in [3.8, 4) is 0 Å². The van der Waals surface area contributed by atoms with Crippen LogP contribution in [0.1, 0.15) is 24.0 Å². The van der Waals surface area contributed by atoms with Crippen molar-refractivity contribution in [1.29, 1.82) is 0 Å². The van der Waals surface area contributed by atoms with Crippen LogP contribution in [0.2, 0.25) is 0 Å². The normalized spacial score (nSPS) is 24.1. The zero-order chi connectivity index (χ0) is 11.4. The van der Waals surface area contributed by atoms with E-state index in [0.717, 1.165) is 13.2 Å². The van der Waals surface area contributed by atoms with Crippen molar-refractivity contribution >= 4 is 0 Å². The van der Waals surface area contributed by atoms with Gasteiger partial charge in [-0.15, -0.1) is 0 Å². The van der Waals surface area contributed by atoms with E-state index in [4.69, 9.17) is 4.74 Å². The third-order valence-corrected chi connectivity index (χ3v) is 3.63. The first-order valence-corrected chi connectivity index (χ1v) is 6.04. The standard InChI is InChI=1S/C14H21NO/c1-15-10-14(11-16-2)9-5-7-12-6-3-4-8-13(12)14/h3-4,6,8,15H,5,7,9-11H2,1-2H3. The van der Waals surface area contributed by atoms with Crippen molar-refractivity contribution in [2.24, 2.45) is 0 Å². The molecule has 1 aromatic carbocycles. The lowest BCUT2D eigenvalue weighted by Gasteiger charge is -2.38. The molecule has 16 heavy (non-hydrogen) atoms. The topological polar surface area (TPSA) is 21.3 Å². The number of likely N-dealkylation sites (N-methyl/N-ethyl adjacent to an activating group) is 1. The van der Waals surface area contributed by atoms with Crippen LogP contribution in [0.5, 0.6) is 0 Å². The third kappa shape index (κ3) is 2.00. The molecule has 1 atom stereocenters. The maximum Gasteiger partial charge on any atom is 0.0571 e. The fraction of sp³-hybridized carbons (Fsp3) is 0.571. The second kappa shape index (κ2) is 4.98. The predicted octanol–water partition coefficient (Wildman–Crippen LogP) is 2.13. The van der Waals surface area contributed by atoms with Gasteiger partial charge in [0.2, 0.25) is 0 Å². The highest BCUT2D eigenvalue weighted by Gasteiger charge is 2.35. The van der Waals surface area contributed by atoms with Crippen molar-refractivity contribution in [1.82, 2.24) is 5.32 Å². The average Bonchev–Trinajstić information content (AvgIpc) is 2.30. The second-order valence-corrected chi connectivity index (χ2v) is 4.75. The van der Waals surface area contributed by atoms with Crippen LogP contribution in [0.4, 0.5) is 0 Å². The first-order chi connectivity index (χ1) is 7.82. The van der Waals surface area contributed by atoms with Crippen LogP contribution >= 0.6 is 0 Å². The number of fused-ring (bicyclic) bond motifs is 1. The van der Waals surface area contributed by atoms with Crippen molar-refractivity contribution in [3.05, 3.63) is 35.4 Å². The summed E-state index contributed by atoms with van der Waals surface area (Å²) in [5.41, 5.74) is 3.16. The lowest BCUT2D eigenvalue weighted by molar-refractivity contribution is 0.117. The van der Waals surface area contributed by atoms with Gasteiger partial charge in [0.05, 0.1) is 6.61 Å². The highest BCUT2D eigenvalue weighted by molar-refractivity contribution is 5.37. The van der Waals surface area contributed by atoms with Crippen molar-refractivity contribution in [3.63, 3.8) is 0 Å². The van der Waals surface area contributed by atoms with Gasteiger partial charge >= 0.3 is 0 Å². The van der Waals surface area contributed by atoms with Crippen molar-refractivity contribution < 1.29 is 4.74 Å². The molecule has 0 heterocycles. The Morgan fingerprint density at radius 1 is 1.38 bits per heavy atom. The second-order valence-electron chi connectivity index (χ2n) is 4.75. The van der Waals surface area contributed by atoms with Gasteiger partial charge in [-0.1, -0.05) is 24.3 Å². The minimum atomic E-state index is 0.179. The SMILES string of the molecule is CNCC1(COC)CCCc2ccccc21. The Hall–Kier alpha value is -0.860. The lowest BCUT2D eigenvalue weighted by Crippen LogP contribution is -2.43. The number of nitrogens with one attached hydrogen (secondary N) is 1. The molecule has 0 saturated heterocycles. The molecule has 0 fully saturated rings. The Morgan fingerprint density at radius 3 is 2.94 bits per heavy atom. The summed E-state index contributed by atoms with van der Waals surface area (Å²) in [4.78, 5) is 0. The monoisotopic (exact) mass is 219 g/mol.